The number of piperazine rings is 2. The van der Waals surface area contributed by atoms with Crippen molar-refractivity contribution in [3.8, 4) is 0 Å². The number of benzene rings is 2. The van der Waals surface area contributed by atoms with Crippen LogP contribution in [-0.2, 0) is 41.2 Å². The number of carbonyl (C=O) groups excluding carboxylic acids is 5. The van der Waals surface area contributed by atoms with Gasteiger partial charge < -0.3 is 35.2 Å². The number of nitrogens with zero attached hydrogens (tertiary/aromatic N) is 4. The fourth-order valence-electron chi connectivity index (χ4n) is 10.9. The number of alkyl carbamates (subject to hydrolysis) is 1. The molecule has 2 aromatic rings. The van der Waals surface area contributed by atoms with E-state index in [2.05, 4.69) is 10.6 Å². The van der Waals surface area contributed by atoms with Gasteiger partial charge in [-0.25, -0.2) is 13.6 Å². The topological polar surface area (TPSA) is 152 Å². The Kier molecular flexibility index (Phi) is 6.48. The number of hydrogen-bond donors (Lipinski definition) is 3. The van der Waals surface area contributed by atoms with Crippen molar-refractivity contribution in [2.75, 3.05) is 26.5 Å². The van der Waals surface area contributed by atoms with Crippen molar-refractivity contribution < 1.29 is 42.6 Å². The van der Waals surface area contributed by atoms with Crippen molar-refractivity contribution in [2.45, 2.75) is 81.4 Å². The van der Waals surface area contributed by atoms with Gasteiger partial charge in [0.05, 0.1) is 16.9 Å². The Morgan fingerprint density at radius 1 is 0.906 bits per heavy atom. The normalized spacial score (nSPS) is 42.3. The van der Waals surface area contributed by atoms with Crippen molar-refractivity contribution in [3.05, 3.63) is 64.7 Å². The average Bonchev–Trinajstić information content (AvgIpc) is 3.79. The Morgan fingerprint density at radius 3 is 2.26 bits per heavy atom. The van der Waals surface area contributed by atoms with Gasteiger partial charge in [0.15, 0.2) is 15.8 Å². The number of aliphatic hydroxyl groups is 1. The van der Waals surface area contributed by atoms with Gasteiger partial charge in [0, 0.05) is 26.8 Å². The molecule has 2 spiro atoms. The number of hydrogen-bond acceptors (Lipinski definition) is 12. The molecule has 1 aliphatic carbocycles. The summed E-state index contributed by atoms with van der Waals surface area (Å²) in [5, 5.41) is 19.4. The van der Waals surface area contributed by atoms with Crippen LogP contribution in [0.2, 0.25) is 0 Å². The van der Waals surface area contributed by atoms with Crippen LogP contribution < -0.4 is 10.6 Å². The van der Waals surface area contributed by atoms with E-state index in [1.54, 1.807) is 19.9 Å². The fourth-order valence-corrected chi connectivity index (χ4v) is 18.5. The van der Waals surface area contributed by atoms with Crippen LogP contribution in [0.1, 0.15) is 37.0 Å². The predicted molar refractivity (Wildman–Crippen MR) is 193 cm³/mol. The summed E-state index contributed by atoms with van der Waals surface area (Å²) >= 11 is 0. The summed E-state index contributed by atoms with van der Waals surface area (Å²) in [5.41, 5.74) is -2.85. The van der Waals surface area contributed by atoms with Gasteiger partial charge in [0.2, 0.25) is 9.74 Å². The molecule has 278 valence electrons. The van der Waals surface area contributed by atoms with Gasteiger partial charge in [-0.1, -0.05) is 34.6 Å². The molecule has 19 heteroatoms. The maximum Gasteiger partial charge on any atom is 0.407 e. The van der Waals surface area contributed by atoms with Crippen LogP contribution in [0, 0.1) is 11.6 Å². The van der Waals surface area contributed by atoms with E-state index >= 15 is 18.4 Å². The molecule has 3 N–H and O–H groups in total. The Balaban J connectivity index is 1.39. The first-order valence-corrected chi connectivity index (χ1v) is 21.3. The molecule has 53 heavy (non-hydrogen) atoms. The Labute approximate surface area is 317 Å². The van der Waals surface area contributed by atoms with Gasteiger partial charge in [-0.05, 0) is 88.4 Å². The molecule has 4 bridgehead atoms. The van der Waals surface area contributed by atoms with Crippen LogP contribution in [-0.4, -0.2) is 119 Å². The third-order valence-corrected chi connectivity index (χ3v) is 20.7. The molecule has 12 rings (SSSR count). The highest BCUT2D eigenvalue weighted by Crippen LogP contribution is 2.79. The minimum absolute atomic E-state index is 0.0302. The zero-order chi connectivity index (χ0) is 37.6. The van der Waals surface area contributed by atoms with Gasteiger partial charge in [-0.3, -0.25) is 24.1 Å². The second kappa shape index (κ2) is 10.1. The molecule has 5 amide bonds. The zero-order valence-corrected chi connectivity index (χ0v) is 32.0. The molecule has 2 aromatic carbocycles. The number of carbonyl (C=O) groups is 5. The number of ether oxygens (including phenoxy) is 1. The molecule has 10 atom stereocenters. The number of aliphatic hydroxyl groups excluding tert-OH is 1. The molecule has 10 aliphatic rings. The molecule has 0 saturated carbocycles. The molecule has 0 aromatic heterocycles. The maximum absolute atomic E-state index is 15.9. The van der Waals surface area contributed by atoms with Crippen molar-refractivity contribution >= 4 is 78.6 Å². The summed E-state index contributed by atoms with van der Waals surface area (Å²) in [6.07, 6.45) is -5.65. The molecular weight excluding hydrogens is 771 g/mol. The molecule has 13 nitrogen and oxygen atoms in total. The highest BCUT2D eigenvalue weighted by atomic mass is 33.1. The van der Waals surface area contributed by atoms with E-state index in [4.69, 9.17) is 4.74 Å². The number of amides is 5. The summed E-state index contributed by atoms with van der Waals surface area (Å²) in [6, 6.07) is 6.83. The highest BCUT2D eigenvalue weighted by molar-refractivity contribution is 8.78. The smallest absolute Gasteiger partial charge is 0.407 e. The second-order valence-electron chi connectivity index (χ2n) is 14.9. The first-order chi connectivity index (χ1) is 25.1. The lowest BCUT2D eigenvalue weighted by atomic mass is 9.51. The van der Waals surface area contributed by atoms with E-state index in [0.717, 1.165) is 32.4 Å². The van der Waals surface area contributed by atoms with Crippen LogP contribution >= 0.6 is 43.2 Å². The number of fused-ring (bicyclic) bond motifs is 11. The number of halogens is 2. The van der Waals surface area contributed by atoms with E-state index < -0.39 is 96.1 Å². The Morgan fingerprint density at radius 2 is 1.57 bits per heavy atom. The molecule has 9 heterocycles. The van der Waals surface area contributed by atoms with E-state index in [-0.39, 0.29) is 24.0 Å². The largest absolute Gasteiger partial charge is 0.441 e. The number of rotatable bonds is 3. The fraction of sp³-hybridized carbons (Fsp3) is 0.500. The van der Waals surface area contributed by atoms with Crippen LogP contribution in [0.4, 0.5) is 19.3 Å². The van der Waals surface area contributed by atoms with Crippen molar-refractivity contribution in [3.63, 3.8) is 0 Å². The SMILES string of the molecule is CC[C@@]12SS[C@]3(C(=O)N1C)[C@@H](O)[C@]1([C@@]45c6cc(F)ccc6N[C@@H]4N4C(=O)[C@]6(C)SS[C@]4(C(=O)N6C)[C@H]5OC(=O)NC)c4cc(F)ccc4C[C@@H]1N3C2=O. The lowest BCUT2D eigenvalue weighted by Gasteiger charge is -2.59. The van der Waals surface area contributed by atoms with Gasteiger partial charge in [0.1, 0.15) is 23.9 Å². The lowest BCUT2D eigenvalue weighted by molar-refractivity contribution is -0.168. The van der Waals surface area contributed by atoms with Crippen LogP contribution in [0.25, 0.3) is 0 Å². The average molecular weight is 803 g/mol. The van der Waals surface area contributed by atoms with E-state index in [0.29, 0.717) is 11.3 Å². The number of nitrogens with one attached hydrogen (secondary N) is 2. The van der Waals surface area contributed by atoms with Crippen molar-refractivity contribution in [1.82, 2.24) is 24.9 Å². The second-order valence-corrected chi connectivity index (χ2v) is 20.2. The van der Waals surface area contributed by atoms with Gasteiger partial charge in [-0.15, -0.1) is 0 Å². The van der Waals surface area contributed by atoms with Crippen molar-refractivity contribution in [2.24, 2.45) is 0 Å². The third kappa shape index (κ3) is 3.17. The molecule has 8 fully saturated rings. The summed E-state index contributed by atoms with van der Waals surface area (Å²) < 4.78 is 38.2. The van der Waals surface area contributed by atoms with Crippen molar-refractivity contribution in [1.29, 1.82) is 0 Å². The minimum atomic E-state index is -2.04. The van der Waals surface area contributed by atoms with E-state index in [1.807, 2.05) is 0 Å². The third-order valence-electron chi connectivity index (χ3n) is 13.3. The van der Waals surface area contributed by atoms with Gasteiger partial charge >= 0.3 is 6.09 Å². The summed E-state index contributed by atoms with van der Waals surface area (Å²) in [6.45, 7) is 3.40. The standard InChI is InChI=1S/C34H32F2N6O7S4/c1-6-30-25(45)41-20-11-14-7-8-15(35)12-17(14)31(20,21(43)33(41,52-51-30)26(46)40(30)5)32-18-13-16(36)9-10-19(18)38-23(32)42-24(44)29(2)39(4)27(47)34(42,53-50-29)22(32)49-28(48)37-3/h7-10,12-13,20-23,38,43H,6,11H2,1-5H3,(H,37,48)/t20-,21-,22-,23+,29-,30-,31-,32+,33-,34-/m0/s1. The highest BCUT2D eigenvalue weighted by Gasteiger charge is 2.93. The zero-order valence-electron chi connectivity index (χ0n) is 28.8. The number of likely N-dealkylation sites (N-methyl/N-ethyl adjacent to an activating group) is 2. The molecule has 8 saturated heterocycles. The Bertz CT molecular complexity index is 2170. The van der Waals surface area contributed by atoms with Gasteiger partial charge in [0.25, 0.3) is 23.6 Å². The Hall–Kier alpha value is -3.39. The lowest BCUT2D eigenvalue weighted by Crippen LogP contribution is -2.77. The molecule has 9 aliphatic heterocycles. The number of anilines is 1. The van der Waals surface area contributed by atoms with Gasteiger partial charge in [-0.2, -0.15) is 0 Å². The van der Waals surface area contributed by atoms with Crippen LogP contribution in [0.5, 0.6) is 0 Å². The summed E-state index contributed by atoms with van der Waals surface area (Å²) in [7, 11) is 8.69. The van der Waals surface area contributed by atoms with Crippen LogP contribution in [0.15, 0.2) is 36.4 Å². The van der Waals surface area contributed by atoms with E-state index in [1.165, 1.54) is 81.9 Å². The first kappa shape index (κ1) is 34.1. The monoisotopic (exact) mass is 802 g/mol. The maximum atomic E-state index is 15.9. The predicted octanol–water partition coefficient (Wildman–Crippen LogP) is 2.54. The first-order valence-electron chi connectivity index (χ1n) is 17.0. The van der Waals surface area contributed by atoms with Crippen LogP contribution in [0.3, 0.4) is 0 Å². The molecule has 0 radical (unpaired) electrons. The molecular formula is C34H32F2N6O7S4. The summed E-state index contributed by atoms with van der Waals surface area (Å²) in [5.74, 6) is -3.49. The van der Waals surface area contributed by atoms with E-state index in [9.17, 15) is 19.5 Å². The summed E-state index contributed by atoms with van der Waals surface area (Å²) in [4.78, 5) is 72.4. The molecule has 0 unspecified atom stereocenters. The minimum Gasteiger partial charge on any atom is -0.441 e. The quantitative estimate of drug-likeness (QED) is 0.392.